The van der Waals surface area contributed by atoms with Gasteiger partial charge in [-0.25, -0.2) is 0 Å². The van der Waals surface area contributed by atoms with Gasteiger partial charge in [0.2, 0.25) is 0 Å². The molecule has 1 aromatic rings. The molecule has 0 amide bonds. The summed E-state index contributed by atoms with van der Waals surface area (Å²) in [6.07, 6.45) is 2.25. The monoisotopic (exact) mass is 288 g/mol. The van der Waals surface area contributed by atoms with Gasteiger partial charge in [-0.05, 0) is 38.3 Å². The highest BCUT2D eigenvalue weighted by molar-refractivity contribution is 5.80. The summed E-state index contributed by atoms with van der Waals surface area (Å²) in [4.78, 5) is 6.78. The van der Waals surface area contributed by atoms with E-state index in [1.165, 1.54) is 11.3 Å². The second-order valence-corrected chi connectivity index (χ2v) is 5.83. The fourth-order valence-corrected chi connectivity index (χ4v) is 2.71. The lowest BCUT2D eigenvalue weighted by molar-refractivity contribution is 0.596. The second kappa shape index (κ2) is 7.34. The van der Waals surface area contributed by atoms with Gasteiger partial charge in [-0.3, -0.25) is 4.99 Å². The van der Waals surface area contributed by atoms with Gasteiger partial charge in [0.1, 0.15) is 0 Å². The lowest BCUT2D eigenvalue weighted by atomic mass is 10.2. The Balaban J connectivity index is 1.89. The summed E-state index contributed by atoms with van der Waals surface area (Å²) in [6.45, 7) is 8.62. The first-order chi connectivity index (χ1) is 10.2. The van der Waals surface area contributed by atoms with E-state index in [9.17, 15) is 0 Å². The molecule has 2 rings (SSSR count). The van der Waals surface area contributed by atoms with Crippen molar-refractivity contribution in [1.29, 1.82) is 0 Å². The molecule has 4 nitrogen and oxygen atoms in total. The fraction of sp³-hybridized carbons (Fsp3) is 0.588. The number of fused-ring (bicyclic) bond motifs is 1. The Hall–Kier alpha value is -1.71. The van der Waals surface area contributed by atoms with Crippen molar-refractivity contribution >= 4 is 11.6 Å². The molecule has 2 N–H and O–H groups in total. The maximum atomic E-state index is 4.29. The van der Waals surface area contributed by atoms with Crippen LogP contribution in [0, 0.1) is 0 Å². The molecule has 0 fully saturated rings. The Labute approximate surface area is 128 Å². The SMILES string of the molecule is CCC(C)NC(=NC)NCC(C)N1CCc2ccccc21. The molecule has 4 heteroatoms. The molecule has 0 saturated carbocycles. The van der Waals surface area contributed by atoms with Crippen LogP contribution >= 0.6 is 0 Å². The van der Waals surface area contributed by atoms with E-state index in [4.69, 9.17) is 0 Å². The number of nitrogens with zero attached hydrogens (tertiary/aromatic N) is 2. The van der Waals surface area contributed by atoms with Crippen LogP contribution in [-0.4, -0.2) is 38.2 Å². The molecule has 1 aliphatic heterocycles. The number of rotatable bonds is 5. The van der Waals surface area contributed by atoms with Gasteiger partial charge >= 0.3 is 0 Å². The van der Waals surface area contributed by atoms with Crippen molar-refractivity contribution < 1.29 is 0 Å². The normalized spacial score (nSPS) is 17.3. The molecular weight excluding hydrogens is 260 g/mol. The van der Waals surface area contributed by atoms with Crippen molar-refractivity contribution in [3.63, 3.8) is 0 Å². The Morgan fingerprint density at radius 3 is 2.81 bits per heavy atom. The minimum absolute atomic E-state index is 0.444. The molecule has 0 bridgehead atoms. The van der Waals surface area contributed by atoms with Crippen molar-refractivity contribution in [3.05, 3.63) is 29.8 Å². The highest BCUT2D eigenvalue weighted by Crippen LogP contribution is 2.28. The standard InChI is InChI=1S/C17H28N4/c1-5-13(2)20-17(18-4)19-12-14(3)21-11-10-15-8-6-7-9-16(15)21/h6-9,13-14H,5,10-12H2,1-4H3,(H2,18,19,20). The summed E-state index contributed by atoms with van der Waals surface area (Å²) in [5.41, 5.74) is 2.85. The van der Waals surface area contributed by atoms with E-state index in [0.29, 0.717) is 12.1 Å². The number of hydrogen-bond donors (Lipinski definition) is 2. The van der Waals surface area contributed by atoms with Crippen LogP contribution in [0.5, 0.6) is 0 Å². The number of guanidine groups is 1. The molecule has 1 aliphatic rings. The van der Waals surface area contributed by atoms with Gasteiger partial charge in [0.15, 0.2) is 5.96 Å². The predicted molar refractivity (Wildman–Crippen MR) is 91.2 cm³/mol. The molecule has 116 valence electrons. The quantitative estimate of drug-likeness (QED) is 0.645. The number of para-hydroxylation sites is 1. The van der Waals surface area contributed by atoms with Crippen molar-refractivity contribution in [2.45, 2.75) is 45.7 Å². The fourth-order valence-electron chi connectivity index (χ4n) is 2.71. The molecular formula is C17H28N4. The minimum atomic E-state index is 0.444. The number of benzene rings is 1. The summed E-state index contributed by atoms with van der Waals surface area (Å²) in [7, 11) is 1.83. The lowest BCUT2D eigenvalue weighted by Gasteiger charge is -2.28. The van der Waals surface area contributed by atoms with Crippen LogP contribution in [-0.2, 0) is 6.42 Å². The van der Waals surface area contributed by atoms with E-state index in [2.05, 4.69) is 65.6 Å². The maximum absolute atomic E-state index is 4.29. The Morgan fingerprint density at radius 1 is 1.33 bits per heavy atom. The van der Waals surface area contributed by atoms with Crippen LogP contribution in [0.15, 0.2) is 29.3 Å². The largest absolute Gasteiger partial charge is 0.366 e. The number of aliphatic imine (C=N–C) groups is 1. The van der Waals surface area contributed by atoms with E-state index >= 15 is 0 Å². The first-order valence-corrected chi connectivity index (χ1v) is 7.97. The molecule has 0 radical (unpaired) electrons. The van der Waals surface area contributed by atoms with Gasteiger partial charge in [0, 0.05) is 37.9 Å². The number of anilines is 1. The Morgan fingerprint density at radius 2 is 2.10 bits per heavy atom. The van der Waals surface area contributed by atoms with Crippen LogP contribution in [0.1, 0.15) is 32.8 Å². The smallest absolute Gasteiger partial charge is 0.191 e. The van der Waals surface area contributed by atoms with Crippen LogP contribution in [0.2, 0.25) is 0 Å². The van der Waals surface area contributed by atoms with E-state index < -0.39 is 0 Å². The van der Waals surface area contributed by atoms with Gasteiger partial charge < -0.3 is 15.5 Å². The molecule has 2 unspecified atom stereocenters. The number of nitrogens with one attached hydrogen (secondary N) is 2. The van der Waals surface area contributed by atoms with Crippen molar-refractivity contribution in [2.24, 2.45) is 4.99 Å². The number of hydrogen-bond acceptors (Lipinski definition) is 2. The van der Waals surface area contributed by atoms with Crippen LogP contribution in [0.25, 0.3) is 0 Å². The zero-order chi connectivity index (χ0) is 15.2. The molecule has 1 heterocycles. The molecule has 0 aliphatic carbocycles. The van der Waals surface area contributed by atoms with Gasteiger partial charge in [-0.15, -0.1) is 0 Å². The van der Waals surface area contributed by atoms with Crippen molar-refractivity contribution in [3.8, 4) is 0 Å². The zero-order valence-electron chi connectivity index (χ0n) is 13.7. The molecule has 0 spiro atoms. The van der Waals surface area contributed by atoms with Crippen LogP contribution < -0.4 is 15.5 Å². The van der Waals surface area contributed by atoms with Crippen molar-refractivity contribution in [2.75, 3.05) is 25.0 Å². The van der Waals surface area contributed by atoms with Crippen LogP contribution in [0.3, 0.4) is 0 Å². The second-order valence-electron chi connectivity index (χ2n) is 5.83. The summed E-state index contributed by atoms with van der Waals surface area (Å²) in [6, 6.07) is 9.61. The van der Waals surface area contributed by atoms with Gasteiger partial charge in [0.05, 0.1) is 0 Å². The third-order valence-electron chi connectivity index (χ3n) is 4.24. The third-order valence-corrected chi connectivity index (χ3v) is 4.24. The maximum Gasteiger partial charge on any atom is 0.191 e. The van der Waals surface area contributed by atoms with E-state index in [0.717, 1.165) is 31.9 Å². The van der Waals surface area contributed by atoms with E-state index in [-0.39, 0.29) is 0 Å². The Bertz CT molecular complexity index is 483. The average molecular weight is 288 g/mol. The third kappa shape index (κ3) is 3.90. The minimum Gasteiger partial charge on any atom is -0.366 e. The molecule has 0 aromatic heterocycles. The molecule has 1 aromatic carbocycles. The predicted octanol–water partition coefficient (Wildman–Crippen LogP) is 2.40. The zero-order valence-corrected chi connectivity index (χ0v) is 13.7. The highest BCUT2D eigenvalue weighted by atomic mass is 15.2. The van der Waals surface area contributed by atoms with E-state index in [1.54, 1.807) is 0 Å². The molecule has 21 heavy (non-hydrogen) atoms. The van der Waals surface area contributed by atoms with Gasteiger partial charge in [0.25, 0.3) is 0 Å². The first-order valence-electron chi connectivity index (χ1n) is 7.97. The topological polar surface area (TPSA) is 39.7 Å². The van der Waals surface area contributed by atoms with Crippen molar-refractivity contribution in [1.82, 2.24) is 10.6 Å². The van der Waals surface area contributed by atoms with Crippen LogP contribution in [0.4, 0.5) is 5.69 Å². The summed E-state index contributed by atoms with van der Waals surface area (Å²) < 4.78 is 0. The summed E-state index contributed by atoms with van der Waals surface area (Å²) in [5.74, 6) is 0.892. The summed E-state index contributed by atoms with van der Waals surface area (Å²) in [5, 5.41) is 6.84. The molecule has 2 atom stereocenters. The molecule has 0 saturated heterocycles. The van der Waals surface area contributed by atoms with Gasteiger partial charge in [-0.2, -0.15) is 0 Å². The van der Waals surface area contributed by atoms with Gasteiger partial charge in [-0.1, -0.05) is 25.1 Å². The highest BCUT2D eigenvalue weighted by Gasteiger charge is 2.22. The Kier molecular flexibility index (Phi) is 5.48. The average Bonchev–Trinajstić information content (AvgIpc) is 2.94. The summed E-state index contributed by atoms with van der Waals surface area (Å²) >= 11 is 0. The van der Waals surface area contributed by atoms with E-state index in [1.807, 2.05) is 7.05 Å². The lowest BCUT2D eigenvalue weighted by Crippen LogP contribution is -2.47. The first kappa shape index (κ1) is 15.7.